The summed E-state index contributed by atoms with van der Waals surface area (Å²) in [4.78, 5) is 33.1. The van der Waals surface area contributed by atoms with Gasteiger partial charge in [0.2, 0.25) is 11.7 Å². The first kappa shape index (κ1) is 19.2. The zero-order valence-electron chi connectivity index (χ0n) is 17.0. The number of benzene rings is 1. The van der Waals surface area contributed by atoms with Crippen LogP contribution < -0.4 is 9.47 Å². The highest BCUT2D eigenvalue weighted by molar-refractivity contribution is 5.90. The summed E-state index contributed by atoms with van der Waals surface area (Å²) in [6.07, 6.45) is 0. The number of fused-ring (bicyclic) bond motifs is 1. The van der Waals surface area contributed by atoms with Crippen LogP contribution in [0, 0.1) is 11.8 Å². The summed E-state index contributed by atoms with van der Waals surface area (Å²) < 4.78 is 11.8. The fourth-order valence-electron chi connectivity index (χ4n) is 4.54. The van der Waals surface area contributed by atoms with Gasteiger partial charge in [0.05, 0.1) is 20.3 Å². The summed E-state index contributed by atoms with van der Waals surface area (Å²) >= 11 is 0. The Hall–Kier alpha value is -3.10. The van der Waals surface area contributed by atoms with Gasteiger partial charge in [-0.05, 0) is 17.7 Å². The van der Waals surface area contributed by atoms with E-state index in [4.69, 9.17) is 9.47 Å². The minimum absolute atomic E-state index is 0.0502. The highest BCUT2D eigenvalue weighted by atomic mass is 16.5. The molecule has 2 fully saturated rings. The molecule has 9 heteroatoms. The predicted octanol–water partition coefficient (Wildman–Crippen LogP) is 1.12. The quantitative estimate of drug-likeness (QED) is 0.766. The van der Waals surface area contributed by atoms with Crippen molar-refractivity contribution in [3.05, 3.63) is 35.7 Å². The van der Waals surface area contributed by atoms with Crippen molar-refractivity contribution in [2.24, 2.45) is 18.9 Å². The summed E-state index contributed by atoms with van der Waals surface area (Å²) in [6.45, 7) is 3.38. The molecule has 0 spiro atoms. The number of hydrogen-bond donors (Lipinski definition) is 0. The molecular formula is C20H25N5O4. The molecule has 0 bridgehead atoms. The summed E-state index contributed by atoms with van der Waals surface area (Å²) in [5, 5.41) is 4.17. The topological polar surface area (TPSA) is 89.8 Å². The van der Waals surface area contributed by atoms with Crippen LogP contribution in [0.15, 0.2) is 24.3 Å². The van der Waals surface area contributed by atoms with Crippen molar-refractivity contribution < 1.29 is 19.1 Å². The third-order valence-electron chi connectivity index (χ3n) is 5.91. The average molecular weight is 399 g/mol. The van der Waals surface area contributed by atoms with E-state index in [-0.39, 0.29) is 35.5 Å². The van der Waals surface area contributed by atoms with Crippen molar-refractivity contribution in [3.8, 4) is 11.8 Å². The lowest BCUT2D eigenvalue weighted by Crippen LogP contribution is -2.36. The summed E-state index contributed by atoms with van der Waals surface area (Å²) in [5.74, 6) is 1.14. The zero-order chi connectivity index (χ0) is 20.7. The van der Waals surface area contributed by atoms with Crippen LogP contribution in [0.1, 0.15) is 29.1 Å². The number of carbonyl (C=O) groups excluding carboxylic acids is 2. The van der Waals surface area contributed by atoms with E-state index in [1.807, 2.05) is 29.2 Å². The molecule has 2 aliphatic heterocycles. The Morgan fingerprint density at radius 3 is 2.38 bits per heavy atom. The van der Waals surface area contributed by atoms with Gasteiger partial charge in [-0.3, -0.25) is 9.59 Å². The van der Waals surface area contributed by atoms with Gasteiger partial charge in [0.1, 0.15) is 5.75 Å². The first-order chi connectivity index (χ1) is 13.9. The van der Waals surface area contributed by atoms with Gasteiger partial charge in [-0.1, -0.05) is 12.1 Å². The van der Waals surface area contributed by atoms with E-state index >= 15 is 0 Å². The Kier molecular flexibility index (Phi) is 4.89. The Balaban J connectivity index is 1.57. The maximum absolute atomic E-state index is 12.9. The second-order valence-corrected chi connectivity index (χ2v) is 7.57. The third-order valence-corrected chi connectivity index (χ3v) is 5.91. The molecule has 0 unspecified atom stereocenters. The van der Waals surface area contributed by atoms with E-state index in [2.05, 4.69) is 10.1 Å². The molecule has 0 aliphatic carbocycles. The molecule has 154 valence electrons. The van der Waals surface area contributed by atoms with Crippen LogP contribution in [0.2, 0.25) is 0 Å². The predicted molar refractivity (Wildman–Crippen MR) is 104 cm³/mol. The molecule has 3 heterocycles. The van der Waals surface area contributed by atoms with Crippen molar-refractivity contribution >= 4 is 11.8 Å². The molecule has 1 aromatic heterocycles. The van der Waals surface area contributed by atoms with Crippen LogP contribution in [0.5, 0.6) is 11.8 Å². The monoisotopic (exact) mass is 399 g/mol. The number of methoxy groups -OCH3 is 2. The fraction of sp³-hybridized carbons (Fsp3) is 0.500. The van der Waals surface area contributed by atoms with E-state index in [1.54, 1.807) is 26.0 Å². The fourth-order valence-corrected chi connectivity index (χ4v) is 4.54. The van der Waals surface area contributed by atoms with E-state index in [1.165, 1.54) is 11.8 Å². The van der Waals surface area contributed by atoms with E-state index < -0.39 is 0 Å². The molecule has 0 N–H and O–H groups in total. The zero-order valence-corrected chi connectivity index (χ0v) is 17.0. The molecule has 1 aromatic carbocycles. The molecule has 3 atom stereocenters. The van der Waals surface area contributed by atoms with Gasteiger partial charge in [-0.15, -0.1) is 5.10 Å². The van der Waals surface area contributed by atoms with E-state index in [0.29, 0.717) is 25.6 Å². The molecule has 2 aliphatic rings. The van der Waals surface area contributed by atoms with Gasteiger partial charge in [0.25, 0.3) is 5.91 Å². The number of aromatic nitrogens is 3. The van der Waals surface area contributed by atoms with Crippen molar-refractivity contribution in [2.45, 2.75) is 13.0 Å². The lowest BCUT2D eigenvalue weighted by Gasteiger charge is -2.29. The average Bonchev–Trinajstić information content (AvgIpc) is 3.39. The molecule has 2 saturated heterocycles. The molecule has 9 nitrogen and oxygen atoms in total. The molecule has 4 rings (SSSR count). The number of carbonyl (C=O) groups is 2. The molecule has 0 radical (unpaired) electrons. The maximum atomic E-state index is 12.9. The second-order valence-electron chi connectivity index (χ2n) is 7.57. The Labute approximate surface area is 169 Å². The van der Waals surface area contributed by atoms with Crippen LogP contribution >= 0.6 is 0 Å². The van der Waals surface area contributed by atoms with Gasteiger partial charge >= 0.3 is 6.01 Å². The van der Waals surface area contributed by atoms with Gasteiger partial charge in [0.15, 0.2) is 0 Å². The van der Waals surface area contributed by atoms with Crippen molar-refractivity contribution in [1.29, 1.82) is 0 Å². The molecule has 2 amide bonds. The maximum Gasteiger partial charge on any atom is 0.314 e. The van der Waals surface area contributed by atoms with Crippen molar-refractivity contribution in [2.75, 3.05) is 33.9 Å². The summed E-state index contributed by atoms with van der Waals surface area (Å²) in [6, 6.07) is 8.04. The van der Waals surface area contributed by atoms with Gasteiger partial charge < -0.3 is 19.3 Å². The normalized spacial score (nSPS) is 23.2. The summed E-state index contributed by atoms with van der Waals surface area (Å²) in [7, 11) is 4.81. The Morgan fingerprint density at radius 1 is 1.07 bits per heavy atom. The van der Waals surface area contributed by atoms with Gasteiger partial charge in [-0.25, -0.2) is 4.68 Å². The highest BCUT2D eigenvalue weighted by Gasteiger charge is 2.49. The van der Waals surface area contributed by atoms with Gasteiger partial charge in [-0.2, -0.15) is 4.98 Å². The Bertz CT molecular complexity index is 925. The Morgan fingerprint density at radius 2 is 1.79 bits per heavy atom. The van der Waals surface area contributed by atoms with E-state index in [9.17, 15) is 9.59 Å². The largest absolute Gasteiger partial charge is 0.497 e. The van der Waals surface area contributed by atoms with Crippen LogP contribution in [0.3, 0.4) is 0 Å². The minimum Gasteiger partial charge on any atom is -0.497 e. The second kappa shape index (κ2) is 7.38. The SMILES string of the molecule is COc1ccc([C@H]2[C@@H]3CN(C(=O)c4nc(OC)n(C)n4)C[C@@H]3CN2C(C)=O)cc1. The number of nitrogens with zero attached hydrogens (tertiary/aromatic N) is 5. The van der Waals surface area contributed by atoms with Crippen LogP contribution in [0.25, 0.3) is 0 Å². The number of ether oxygens (including phenoxy) is 2. The minimum atomic E-state index is -0.207. The van der Waals surface area contributed by atoms with Gasteiger partial charge in [0, 0.05) is 45.4 Å². The number of rotatable bonds is 4. The molecule has 29 heavy (non-hydrogen) atoms. The third kappa shape index (κ3) is 3.30. The smallest absolute Gasteiger partial charge is 0.314 e. The lowest BCUT2D eigenvalue weighted by molar-refractivity contribution is -0.130. The highest BCUT2D eigenvalue weighted by Crippen LogP contribution is 2.45. The number of aryl methyl sites for hydroxylation is 1. The van der Waals surface area contributed by atoms with Crippen LogP contribution in [-0.4, -0.2) is 70.2 Å². The standard InChI is InChI=1S/C20H25N5O4/c1-12(26)25-10-14-9-24(19(27)18-21-20(29-4)23(2)22-18)11-16(14)17(25)13-5-7-15(28-3)8-6-13/h5-8,14,16-17H,9-11H2,1-4H3/t14-,16-,17+/m1/s1. The molecule has 0 saturated carbocycles. The van der Waals surface area contributed by atoms with E-state index in [0.717, 1.165) is 11.3 Å². The van der Waals surface area contributed by atoms with Crippen LogP contribution in [0.4, 0.5) is 0 Å². The van der Waals surface area contributed by atoms with Crippen LogP contribution in [-0.2, 0) is 11.8 Å². The number of hydrogen-bond acceptors (Lipinski definition) is 6. The number of amides is 2. The van der Waals surface area contributed by atoms with Crippen molar-refractivity contribution in [1.82, 2.24) is 24.6 Å². The molecule has 2 aromatic rings. The summed E-state index contributed by atoms with van der Waals surface area (Å²) in [5.41, 5.74) is 1.06. The van der Waals surface area contributed by atoms with Crippen molar-refractivity contribution in [3.63, 3.8) is 0 Å². The number of likely N-dealkylation sites (tertiary alicyclic amines) is 2. The molecular weight excluding hydrogens is 374 g/mol. The first-order valence-electron chi connectivity index (χ1n) is 9.58. The lowest BCUT2D eigenvalue weighted by atomic mass is 9.89. The first-order valence-corrected chi connectivity index (χ1v) is 9.58.